The van der Waals surface area contributed by atoms with Gasteiger partial charge in [0, 0.05) is 5.56 Å². The van der Waals surface area contributed by atoms with Crippen LogP contribution in [0.1, 0.15) is 136 Å². The second kappa shape index (κ2) is 12.3. The SMILES string of the molecule is CCCc1[c]c(CCC)cc(C(=O)C(NS(=O)(=O)O)c2c(C(C)C)cc(C(C)C)cc2C(C)C)c1. The zero-order valence-corrected chi connectivity index (χ0v) is 23.3. The molecule has 0 bridgehead atoms. The van der Waals surface area contributed by atoms with Crippen molar-refractivity contribution in [3.8, 4) is 0 Å². The highest BCUT2D eigenvalue weighted by molar-refractivity contribution is 7.83. The van der Waals surface area contributed by atoms with Crippen molar-refractivity contribution in [2.24, 2.45) is 0 Å². The van der Waals surface area contributed by atoms with Crippen LogP contribution in [0, 0.1) is 6.07 Å². The monoisotopic (exact) mass is 500 g/mol. The molecule has 2 aromatic rings. The Balaban J connectivity index is 2.84. The normalized spacial score (nSPS) is 13.1. The van der Waals surface area contributed by atoms with Gasteiger partial charge in [0.1, 0.15) is 6.04 Å². The number of carbonyl (C=O) groups is 1. The quantitative estimate of drug-likeness (QED) is 0.241. The summed E-state index contributed by atoms with van der Waals surface area (Å²) in [7, 11) is -4.66. The average Bonchev–Trinajstić information content (AvgIpc) is 2.75. The number of aryl methyl sites for hydroxylation is 2. The summed E-state index contributed by atoms with van der Waals surface area (Å²) < 4.78 is 36.3. The predicted molar refractivity (Wildman–Crippen MR) is 144 cm³/mol. The van der Waals surface area contributed by atoms with Gasteiger partial charge < -0.3 is 0 Å². The fraction of sp³-hybridized carbons (Fsp3) is 0.552. The molecular formula is C29H42NO4S. The molecule has 1 radical (unpaired) electrons. The lowest BCUT2D eigenvalue weighted by atomic mass is 9.80. The molecule has 6 heteroatoms. The van der Waals surface area contributed by atoms with Gasteiger partial charge in [0.05, 0.1) is 0 Å². The molecule has 0 saturated heterocycles. The fourth-order valence-electron chi connectivity index (χ4n) is 4.55. The first-order valence-corrected chi connectivity index (χ1v) is 14.2. The minimum atomic E-state index is -4.66. The molecule has 0 aliphatic heterocycles. The maximum absolute atomic E-state index is 14.1. The number of hydrogen-bond donors (Lipinski definition) is 2. The molecule has 0 aromatic heterocycles. The van der Waals surface area contributed by atoms with Crippen LogP contribution in [0.4, 0.5) is 0 Å². The third kappa shape index (κ3) is 7.73. The van der Waals surface area contributed by atoms with E-state index in [4.69, 9.17) is 0 Å². The van der Waals surface area contributed by atoms with Gasteiger partial charge in [-0.25, -0.2) is 0 Å². The van der Waals surface area contributed by atoms with E-state index in [2.05, 4.69) is 50.6 Å². The summed E-state index contributed by atoms with van der Waals surface area (Å²) in [5, 5.41) is 0. The van der Waals surface area contributed by atoms with Gasteiger partial charge in [-0.1, -0.05) is 80.4 Å². The Morgan fingerprint density at radius 2 is 1.31 bits per heavy atom. The van der Waals surface area contributed by atoms with Crippen molar-refractivity contribution in [2.75, 3.05) is 0 Å². The number of benzene rings is 2. The molecular weight excluding hydrogens is 458 g/mol. The lowest BCUT2D eigenvalue weighted by Crippen LogP contribution is -2.35. The predicted octanol–water partition coefficient (Wildman–Crippen LogP) is 7.08. The van der Waals surface area contributed by atoms with Crippen LogP contribution in [0.3, 0.4) is 0 Å². The second-order valence-corrected chi connectivity index (χ2v) is 11.6. The highest BCUT2D eigenvalue weighted by Gasteiger charge is 2.32. The maximum Gasteiger partial charge on any atom is 0.334 e. The van der Waals surface area contributed by atoms with Gasteiger partial charge in [0.2, 0.25) is 0 Å². The van der Waals surface area contributed by atoms with E-state index in [0.29, 0.717) is 11.1 Å². The molecule has 193 valence electrons. The van der Waals surface area contributed by atoms with Gasteiger partial charge in [-0.3, -0.25) is 9.35 Å². The average molecular weight is 501 g/mol. The van der Waals surface area contributed by atoms with E-state index in [1.165, 1.54) is 0 Å². The maximum atomic E-state index is 14.1. The third-order valence-corrected chi connectivity index (χ3v) is 6.83. The lowest BCUT2D eigenvalue weighted by Gasteiger charge is -2.28. The largest absolute Gasteiger partial charge is 0.334 e. The Morgan fingerprint density at radius 1 is 0.857 bits per heavy atom. The molecule has 0 aliphatic carbocycles. The van der Waals surface area contributed by atoms with E-state index in [9.17, 15) is 17.8 Å². The molecule has 1 atom stereocenters. The molecule has 0 fully saturated rings. The molecule has 2 aromatic carbocycles. The summed E-state index contributed by atoms with van der Waals surface area (Å²) in [4.78, 5) is 14.1. The van der Waals surface area contributed by atoms with Crippen LogP contribution in [0.5, 0.6) is 0 Å². The van der Waals surface area contributed by atoms with Gasteiger partial charge in [0.15, 0.2) is 5.78 Å². The zero-order valence-electron chi connectivity index (χ0n) is 22.5. The highest BCUT2D eigenvalue weighted by Crippen LogP contribution is 2.37. The first-order chi connectivity index (χ1) is 16.3. The summed E-state index contributed by atoms with van der Waals surface area (Å²) in [6, 6.07) is 9.96. The van der Waals surface area contributed by atoms with Crippen LogP contribution < -0.4 is 4.72 Å². The van der Waals surface area contributed by atoms with E-state index in [0.717, 1.165) is 53.5 Å². The van der Waals surface area contributed by atoms with Crippen LogP contribution in [-0.2, 0) is 23.1 Å². The van der Waals surface area contributed by atoms with Crippen molar-refractivity contribution in [3.63, 3.8) is 0 Å². The third-order valence-electron chi connectivity index (χ3n) is 6.30. The molecule has 2 rings (SSSR count). The van der Waals surface area contributed by atoms with Gasteiger partial charge >= 0.3 is 10.3 Å². The van der Waals surface area contributed by atoms with Crippen molar-refractivity contribution in [2.45, 2.75) is 105 Å². The smallest absolute Gasteiger partial charge is 0.292 e. The minimum absolute atomic E-state index is 0.0510. The van der Waals surface area contributed by atoms with Crippen molar-refractivity contribution in [1.82, 2.24) is 4.72 Å². The summed E-state index contributed by atoms with van der Waals surface area (Å²) in [5.74, 6) is 0.0123. The molecule has 0 saturated carbocycles. The van der Waals surface area contributed by atoms with Crippen LogP contribution in [0.25, 0.3) is 0 Å². The van der Waals surface area contributed by atoms with E-state index in [1.807, 2.05) is 39.8 Å². The van der Waals surface area contributed by atoms with Crippen molar-refractivity contribution in [1.29, 1.82) is 0 Å². The van der Waals surface area contributed by atoms with Crippen LogP contribution in [0.15, 0.2) is 24.3 Å². The van der Waals surface area contributed by atoms with Gasteiger partial charge in [-0.2, -0.15) is 13.1 Å². The van der Waals surface area contributed by atoms with Crippen LogP contribution in [-0.4, -0.2) is 18.8 Å². The second-order valence-electron chi connectivity index (χ2n) is 10.4. The number of nitrogens with one attached hydrogen (secondary N) is 1. The Morgan fingerprint density at radius 3 is 1.66 bits per heavy atom. The highest BCUT2D eigenvalue weighted by atomic mass is 32.2. The van der Waals surface area contributed by atoms with E-state index >= 15 is 0 Å². The van der Waals surface area contributed by atoms with Crippen molar-refractivity contribution >= 4 is 16.1 Å². The Hall–Kier alpha value is -2.02. The molecule has 35 heavy (non-hydrogen) atoms. The summed E-state index contributed by atoms with van der Waals surface area (Å²) in [5.41, 5.74) is 5.94. The summed E-state index contributed by atoms with van der Waals surface area (Å²) in [6.45, 7) is 16.5. The first kappa shape index (κ1) is 29.2. The van der Waals surface area contributed by atoms with E-state index in [1.54, 1.807) is 0 Å². The minimum Gasteiger partial charge on any atom is -0.292 e. The van der Waals surface area contributed by atoms with E-state index < -0.39 is 16.3 Å². The summed E-state index contributed by atoms with van der Waals surface area (Å²) >= 11 is 0. The number of rotatable bonds is 12. The Bertz CT molecular complexity index is 1080. The van der Waals surface area contributed by atoms with Gasteiger partial charge in [-0.15, -0.1) is 0 Å². The van der Waals surface area contributed by atoms with Crippen molar-refractivity contribution in [3.05, 3.63) is 69.3 Å². The standard InChI is InChI=1S/C29H42NO4S/c1-9-11-21-13-22(12-10-2)15-24(14-21)29(31)28(30-35(32,33)34)27-25(19(5)6)16-23(18(3)4)17-26(27)20(7)8/h14-20,28,30H,9-12H2,1-8H3,(H,32,33,34). The number of ketones is 1. The van der Waals surface area contributed by atoms with Gasteiger partial charge in [-0.05, 0) is 82.2 Å². The molecule has 5 nitrogen and oxygen atoms in total. The van der Waals surface area contributed by atoms with Crippen LogP contribution in [0.2, 0.25) is 0 Å². The molecule has 2 N–H and O–H groups in total. The molecule has 0 heterocycles. The lowest BCUT2D eigenvalue weighted by molar-refractivity contribution is 0.0950. The number of Topliss-reactive ketones (excluding diaryl/α,β-unsaturated/α-hetero) is 1. The fourth-order valence-corrected chi connectivity index (χ4v) is 5.07. The number of carbonyl (C=O) groups excluding carboxylic acids is 1. The van der Waals surface area contributed by atoms with Crippen LogP contribution >= 0.6 is 0 Å². The number of hydrogen-bond acceptors (Lipinski definition) is 3. The molecule has 0 aliphatic rings. The Labute approximate surface area is 212 Å². The first-order valence-electron chi connectivity index (χ1n) is 12.8. The molecule has 1 unspecified atom stereocenters. The summed E-state index contributed by atoms with van der Waals surface area (Å²) in [6.07, 6.45) is 3.40. The van der Waals surface area contributed by atoms with Gasteiger partial charge in [0.25, 0.3) is 0 Å². The topological polar surface area (TPSA) is 83.5 Å². The molecule has 0 spiro atoms. The molecule has 0 amide bonds. The zero-order chi connectivity index (χ0) is 26.5. The Kier molecular flexibility index (Phi) is 10.3. The van der Waals surface area contributed by atoms with E-state index in [-0.39, 0.29) is 23.5 Å². The van der Waals surface area contributed by atoms with Crippen molar-refractivity contribution < 1.29 is 17.8 Å².